The highest BCUT2D eigenvalue weighted by Crippen LogP contribution is 2.52. The summed E-state index contributed by atoms with van der Waals surface area (Å²) in [5, 5.41) is 2.91. The fourth-order valence-corrected chi connectivity index (χ4v) is 21.4. The number of hydrogen-bond donors (Lipinski definition) is 0. The molecule has 12 aromatic carbocycles. The van der Waals surface area contributed by atoms with Crippen LogP contribution in [-0.4, -0.2) is 35.2 Å². The number of alkyl halides is 2. The van der Waals surface area contributed by atoms with Crippen molar-refractivity contribution in [3.63, 3.8) is 0 Å². The normalized spacial score (nSPS) is 16.9. The summed E-state index contributed by atoms with van der Waals surface area (Å²) in [4.78, 5) is 30.5. The fourth-order valence-electron chi connectivity index (χ4n) is 14.6. The molecule has 8 heterocycles. The van der Waals surface area contributed by atoms with Gasteiger partial charge in [0, 0.05) is 104 Å². The zero-order chi connectivity index (χ0) is 84.5. The van der Waals surface area contributed by atoms with E-state index in [1.165, 1.54) is 69.7 Å². The third-order valence-corrected chi connectivity index (χ3v) is 28.3. The summed E-state index contributed by atoms with van der Waals surface area (Å²) < 4.78 is 46.1. The molecular formula is C105H87Cl2F2N5O4S5. The monoisotopic (exact) mass is 1750 g/mol. The Hall–Kier alpha value is -11.2. The van der Waals surface area contributed by atoms with E-state index >= 15 is 0 Å². The number of hydrogen-bond acceptors (Lipinski definition) is 14. The summed E-state index contributed by atoms with van der Waals surface area (Å²) in [6.45, 7) is 7.66. The molecule has 0 N–H and O–H groups in total. The molecule has 0 saturated heterocycles. The molecule has 0 saturated carbocycles. The molecule has 5 aliphatic heterocycles. The van der Waals surface area contributed by atoms with Gasteiger partial charge in [-0.1, -0.05) is 240 Å². The van der Waals surface area contributed by atoms with Crippen LogP contribution in [0.1, 0.15) is 142 Å². The zero-order valence-electron chi connectivity index (χ0n) is 68.3. The Balaban J connectivity index is 0.000000114. The number of para-hydroxylation sites is 5. The van der Waals surface area contributed by atoms with Crippen molar-refractivity contribution in [2.24, 2.45) is 25.0 Å². The molecule has 123 heavy (non-hydrogen) atoms. The summed E-state index contributed by atoms with van der Waals surface area (Å²) in [6, 6.07) is 109. The molecular weight excluding hydrogens is 1660 g/mol. The van der Waals surface area contributed by atoms with Crippen molar-refractivity contribution >= 4 is 139 Å². The summed E-state index contributed by atoms with van der Waals surface area (Å²) in [5.74, 6) is 2.71. The van der Waals surface area contributed by atoms with Crippen molar-refractivity contribution in [1.29, 1.82) is 0 Å². The van der Waals surface area contributed by atoms with Crippen molar-refractivity contribution in [2.75, 3.05) is 0 Å². The number of ether oxygens (including phenoxy) is 1. The number of benzene rings is 12. The highest BCUT2D eigenvalue weighted by Gasteiger charge is 2.30. The van der Waals surface area contributed by atoms with E-state index in [-0.39, 0.29) is 16.2 Å². The van der Waals surface area contributed by atoms with Crippen LogP contribution in [0.25, 0.3) is 0 Å². The van der Waals surface area contributed by atoms with E-state index in [0.29, 0.717) is 15.7 Å². The molecule has 18 heteroatoms. The molecule has 9 nitrogen and oxygen atoms in total. The Morgan fingerprint density at radius 3 is 0.894 bits per heavy atom. The molecule has 3 aromatic heterocycles. The molecule has 0 radical (unpaired) electrons. The smallest absolute Gasteiger partial charge is 0.387 e. The Morgan fingerprint density at radius 2 is 0.577 bits per heavy atom. The Morgan fingerprint density at radius 1 is 0.301 bits per heavy atom. The molecule has 0 aliphatic carbocycles. The average Bonchev–Trinajstić information content (AvgIpc) is 1.69. The van der Waals surface area contributed by atoms with Gasteiger partial charge in [0.05, 0.1) is 64.4 Å². The van der Waals surface area contributed by atoms with Gasteiger partial charge in [-0.05, 0) is 207 Å². The predicted octanol–water partition coefficient (Wildman–Crippen LogP) is 32.5. The average molecular weight is 1750 g/mol. The minimum absolute atomic E-state index is 0.129. The second-order valence-electron chi connectivity index (χ2n) is 30.2. The first-order valence-electron chi connectivity index (χ1n) is 40.7. The maximum Gasteiger partial charge on any atom is 0.387 e. The van der Waals surface area contributed by atoms with Crippen molar-refractivity contribution in [1.82, 2.24) is 0 Å². The highest BCUT2D eigenvalue weighted by molar-refractivity contribution is 8.00. The fraction of sp³-hybridized carbons (Fsp3) is 0.152. The van der Waals surface area contributed by atoms with Crippen LogP contribution in [0.3, 0.4) is 0 Å². The number of thioether (sulfide) groups is 5. The van der Waals surface area contributed by atoms with Crippen LogP contribution >= 0.6 is 82.0 Å². The summed E-state index contributed by atoms with van der Waals surface area (Å²) in [7, 11) is 0. The van der Waals surface area contributed by atoms with Crippen LogP contribution < -0.4 is 4.74 Å². The van der Waals surface area contributed by atoms with Crippen LogP contribution in [0.5, 0.6) is 5.75 Å². The second kappa shape index (κ2) is 40.9. The number of halogens is 4. The lowest BCUT2D eigenvalue weighted by molar-refractivity contribution is -0.0498. The van der Waals surface area contributed by atoms with Gasteiger partial charge in [-0.15, -0.1) is 58.8 Å². The lowest BCUT2D eigenvalue weighted by Gasteiger charge is -2.17. The van der Waals surface area contributed by atoms with Gasteiger partial charge in [0.2, 0.25) is 0 Å². The lowest BCUT2D eigenvalue weighted by atomic mass is 10.0. The third kappa shape index (κ3) is 22.4. The topological polar surface area (TPSA) is 110 Å². The standard InChI is InChI=1S/C23H19F2NOS.C22H18ClNS.C20H16ClNOS.2C20H17NOS/c1-15-6-8-16(9-7-15)20-14-22(28-21-5-3-2-4-19(21)26-20)17-10-12-18(13-11-17)27-23(24)25;1-15-6-8-16(9-7-15)20-14-22(17-10-12-18(23)13-11-17)25-21-5-3-2-4-19(21)24-20;1-13-8-9-14(15(21)11-13)20-12-17(18-6-4-10-23-18)22-16-5-2-3-7-19(16)24-20;2*1-14-8-10-15(11-9-14)20-13-17(18-6-4-12-22-18)21-16-5-2-3-7-19(16)23-20/h2-13,22-23H,14H2,1H3;2-13,22H,14H2,1H3;2-11,20H,12H2,1H3;2*2-12,20H,13H2,1H3. The molecule has 0 fully saturated rings. The van der Waals surface area contributed by atoms with E-state index in [1.54, 1.807) is 42.7 Å². The quantitative estimate of drug-likeness (QED) is 0.118. The summed E-state index contributed by atoms with van der Waals surface area (Å²) in [6.07, 6.45) is 9.24. The van der Waals surface area contributed by atoms with Crippen molar-refractivity contribution in [2.45, 2.75) is 124 Å². The van der Waals surface area contributed by atoms with Crippen LogP contribution in [0.15, 0.2) is 403 Å². The van der Waals surface area contributed by atoms with Gasteiger partial charge in [0.25, 0.3) is 0 Å². The van der Waals surface area contributed by atoms with Gasteiger partial charge < -0.3 is 18.0 Å². The number of rotatable bonds is 12. The van der Waals surface area contributed by atoms with Crippen LogP contribution in [0.4, 0.5) is 37.2 Å². The highest BCUT2D eigenvalue weighted by atomic mass is 35.5. The first-order valence-corrected chi connectivity index (χ1v) is 45.8. The van der Waals surface area contributed by atoms with Crippen LogP contribution in [0.2, 0.25) is 10.0 Å². The van der Waals surface area contributed by atoms with Gasteiger partial charge in [0.1, 0.15) is 23.0 Å². The zero-order valence-corrected chi connectivity index (χ0v) is 73.8. The molecule has 0 amide bonds. The molecule has 0 bridgehead atoms. The second-order valence-corrected chi connectivity index (χ2v) is 37.3. The third-order valence-electron chi connectivity index (χ3n) is 21.1. The molecule has 614 valence electrons. The van der Waals surface area contributed by atoms with Crippen LogP contribution in [-0.2, 0) is 0 Å². The Bertz CT molecular complexity index is 6100. The van der Waals surface area contributed by atoms with E-state index in [1.807, 2.05) is 162 Å². The minimum atomic E-state index is -2.81. The van der Waals surface area contributed by atoms with Gasteiger partial charge in [-0.3, -0.25) is 9.98 Å². The van der Waals surface area contributed by atoms with E-state index < -0.39 is 6.61 Å². The molecule has 0 spiro atoms. The lowest BCUT2D eigenvalue weighted by Crippen LogP contribution is -2.06. The predicted molar refractivity (Wildman–Crippen MR) is 511 cm³/mol. The van der Waals surface area contributed by atoms with Gasteiger partial charge >= 0.3 is 6.61 Å². The summed E-state index contributed by atoms with van der Waals surface area (Å²) in [5.41, 5.74) is 24.9. The van der Waals surface area contributed by atoms with Gasteiger partial charge in [-0.25, -0.2) is 15.0 Å². The number of fused-ring (bicyclic) bond motifs is 5. The van der Waals surface area contributed by atoms with Crippen molar-refractivity contribution in [3.05, 3.63) is 434 Å². The number of aliphatic imine (C=N–C) groups is 5. The summed E-state index contributed by atoms with van der Waals surface area (Å²) >= 11 is 21.8. The Kier molecular flexibility index (Phi) is 28.4. The van der Waals surface area contributed by atoms with E-state index in [0.717, 1.165) is 138 Å². The molecule has 5 unspecified atom stereocenters. The van der Waals surface area contributed by atoms with Gasteiger partial charge in [-0.2, -0.15) is 8.78 Å². The maximum absolute atomic E-state index is 12.4. The van der Waals surface area contributed by atoms with Gasteiger partial charge in [0.15, 0.2) is 0 Å². The first kappa shape index (κ1) is 85.4. The molecule has 15 aromatic rings. The number of nitrogens with zero attached hydrogens (tertiary/aromatic N) is 5. The number of aryl methyl sites for hydroxylation is 5. The molecule has 20 rings (SSSR count). The van der Waals surface area contributed by atoms with E-state index in [4.69, 9.17) is 61.4 Å². The van der Waals surface area contributed by atoms with E-state index in [9.17, 15) is 8.78 Å². The molecule has 5 atom stereocenters. The Labute approximate surface area is 748 Å². The largest absolute Gasteiger partial charge is 0.463 e. The molecule has 5 aliphatic rings. The maximum atomic E-state index is 12.4. The minimum Gasteiger partial charge on any atom is -0.463 e. The van der Waals surface area contributed by atoms with Crippen molar-refractivity contribution in [3.8, 4) is 5.75 Å². The number of furan rings is 3. The first-order chi connectivity index (χ1) is 60.1. The van der Waals surface area contributed by atoms with Crippen LogP contribution in [0, 0.1) is 34.6 Å². The SMILES string of the molecule is Cc1ccc(C2=Nc3ccccc3SC(c3ccc(Cl)cc3)C2)cc1.Cc1ccc(C2=Nc3ccccc3SC(c3ccc(OC(F)F)cc3)C2)cc1.Cc1ccc(C2CC(c3ccco3)=Nc3ccccc3S2)c(Cl)c1.Cc1ccc(C2CC(c3ccco3)=Nc3ccccc3S2)cc1.Cc1ccc(C2CC(c3ccco3)=Nc3ccccc3S2)cc1. The van der Waals surface area contributed by atoms with E-state index in [2.05, 4.69) is 233 Å². The van der Waals surface area contributed by atoms with Crippen molar-refractivity contribution < 1.29 is 26.8 Å².